The van der Waals surface area contributed by atoms with E-state index in [0.29, 0.717) is 0 Å². The number of halogens is 2. The van der Waals surface area contributed by atoms with Crippen LogP contribution in [0.4, 0.5) is 8.78 Å². The maximum absolute atomic E-state index is 12.9. The zero-order valence-electron chi connectivity index (χ0n) is 10.2. The number of cyclic esters (lactones) is 2. The van der Waals surface area contributed by atoms with Gasteiger partial charge in [-0.15, -0.1) is 0 Å². The first-order chi connectivity index (χ1) is 9.83. The molecule has 0 saturated heterocycles. The normalized spacial score (nSPS) is 22.9. The van der Waals surface area contributed by atoms with Gasteiger partial charge in [-0.3, -0.25) is 4.79 Å². The fourth-order valence-corrected chi connectivity index (χ4v) is 1.52. The van der Waals surface area contributed by atoms with Gasteiger partial charge in [0.05, 0.1) is 5.56 Å². The first-order valence-corrected chi connectivity index (χ1v) is 5.53. The maximum Gasteiger partial charge on any atom is 0.349 e. The lowest BCUT2D eigenvalue weighted by atomic mass is 10.1. The van der Waals surface area contributed by atoms with E-state index in [4.69, 9.17) is 5.11 Å². The van der Waals surface area contributed by atoms with Gasteiger partial charge in [-0.25, -0.2) is 14.0 Å². The minimum absolute atomic E-state index is 0.000000000000000444. The predicted molar refractivity (Wildman–Crippen MR) is 62.6 cm³/mol. The SMILES string of the molecule is O=C1C=CNNC1(O)F.O=C1OC(=O)c2c(F)cccc21. The number of hydrazine groups is 1. The number of aliphatic hydroxyl groups is 1. The second-order valence-corrected chi connectivity index (χ2v) is 3.93. The highest BCUT2D eigenvalue weighted by Crippen LogP contribution is 2.21. The number of carbonyl (C=O) groups excluding carboxylic acids is 3. The Bertz CT molecular complexity index is 657. The van der Waals surface area contributed by atoms with E-state index in [0.717, 1.165) is 12.1 Å². The van der Waals surface area contributed by atoms with E-state index in [1.807, 2.05) is 0 Å². The molecule has 0 amide bonds. The summed E-state index contributed by atoms with van der Waals surface area (Å²) >= 11 is 0. The maximum atomic E-state index is 12.9. The molecule has 0 aromatic heterocycles. The standard InChI is InChI=1S/C8H3FO3.C4H5FN2O2/c9-5-3-1-2-4-6(5)8(11)12-7(4)10;5-4(9)3(8)1-2-6-7-4/h1-3H;1-2,6-7,9H. The van der Waals surface area contributed by atoms with E-state index in [9.17, 15) is 23.2 Å². The van der Waals surface area contributed by atoms with Crippen LogP contribution in [0.15, 0.2) is 30.5 Å². The lowest BCUT2D eigenvalue weighted by molar-refractivity contribution is -0.164. The van der Waals surface area contributed by atoms with E-state index < -0.39 is 29.5 Å². The van der Waals surface area contributed by atoms with Gasteiger partial charge in [0.25, 0.3) is 0 Å². The number of fused-ring (bicyclic) bond motifs is 1. The van der Waals surface area contributed by atoms with E-state index in [-0.39, 0.29) is 11.1 Å². The molecule has 2 aliphatic heterocycles. The largest absolute Gasteiger partial charge is 0.386 e. The number of benzene rings is 1. The van der Waals surface area contributed by atoms with Crippen molar-refractivity contribution in [3.63, 3.8) is 0 Å². The molecule has 0 aliphatic carbocycles. The molecule has 2 heterocycles. The van der Waals surface area contributed by atoms with Gasteiger partial charge in [0.2, 0.25) is 5.78 Å². The summed E-state index contributed by atoms with van der Waals surface area (Å²) < 4.78 is 29.3. The fraction of sp³-hybridized carbons (Fsp3) is 0.0833. The van der Waals surface area contributed by atoms with Gasteiger partial charge in [-0.05, 0) is 12.1 Å². The average Bonchev–Trinajstić information content (AvgIpc) is 2.71. The first kappa shape index (κ1) is 14.8. The molecule has 21 heavy (non-hydrogen) atoms. The Morgan fingerprint density at radius 2 is 1.90 bits per heavy atom. The number of esters is 2. The van der Waals surface area contributed by atoms with E-state index in [1.54, 1.807) is 5.43 Å². The van der Waals surface area contributed by atoms with Gasteiger partial charge in [-0.2, -0.15) is 9.82 Å². The Balaban J connectivity index is 0.000000161. The first-order valence-electron chi connectivity index (χ1n) is 5.53. The predicted octanol–water partition coefficient (Wildman–Crippen LogP) is -0.0711. The van der Waals surface area contributed by atoms with Crippen LogP contribution in [-0.2, 0) is 9.53 Å². The van der Waals surface area contributed by atoms with E-state index in [1.165, 1.54) is 18.3 Å². The van der Waals surface area contributed by atoms with Crippen molar-refractivity contribution in [3.05, 3.63) is 47.4 Å². The quantitative estimate of drug-likeness (QED) is 0.350. The van der Waals surface area contributed by atoms with Crippen molar-refractivity contribution in [1.82, 2.24) is 10.9 Å². The molecule has 110 valence electrons. The van der Waals surface area contributed by atoms with Gasteiger partial charge in [-0.1, -0.05) is 6.07 Å². The fourth-order valence-electron chi connectivity index (χ4n) is 1.52. The van der Waals surface area contributed by atoms with Crippen molar-refractivity contribution in [2.75, 3.05) is 0 Å². The summed E-state index contributed by atoms with van der Waals surface area (Å²) in [5.74, 6) is -6.37. The molecule has 0 saturated carbocycles. The topological polar surface area (TPSA) is 105 Å². The van der Waals surface area contributed by atoms with Crippen LogP contribution >= 0.6 is 0 Å². The van der Waals surface area contributed by atoms with Crippen LogP contribution in [0, 0.1) is 5.82 Å². The number of ketones is 1. The molecule has 3 rings (SSSR count). The number of carbonyl (C=O) groups is 3. The number of hydrogen-bond donors (Lipinski definition) is 3. The van der Waals surface area contributed by atoms with Crippen LogP contribution in [0.2, 0.25) is 0 Å². The molecule has 1 unspecified atom stereocenters. The number of alkyl halides is 1. The summed E-state index contributed by atoms with van der Waals surface area (Å²) in [5, 5.41) is 8.40. The van der Waals surface area contributed by atoms with Gasteiger partial charge >= 0.3 is 17.9 Å². The Morgan fingerprint density at radius 1 is 1.19 bits per heavy atom. The Morgan fingerprint density at radius 3 is 2.43 bits per heavy atom. The molecule has 7 nitrogen and oxygen atoms in total. The van der Waals surface area contributed by atoms with Crippen molar-refractivity contribution in [2.45, 2.75) is 5.98 Å². The van der Waals surface area contributed by atoms with Crippen molar-refractivity contribution >= 4 is 17.7 Å². The van der Waals surface area contributed by atoms with Crippen LogP contribution in [0.1, 0.15) is 20.7 Å². The molecule has 0 bridgehead atoms. The summed E-state index contributed by atoms with van der Waals surface area (Å²) in [4.78, 5) is 31.9. The second-order valence-electron chi connectivity index (χ2n) is 3.93. The molecule has 0 spiro atoms. The molecule has 1 aromatic rings. The van der Waals surface area contributed by atoms with Crippen molar-refractivity contribution < 1.29 is 33.0 Å². The summed E-state index contributed by atoms with van der Waals surface area (Å²) in [6.45, 7) is 0. The molecular weight excluding hydrogens is 290 g/mol. The second kappa shape index (κ2) is 5.38. The monoisotopic (exact) mass is 298 g/mol. The Kier molecular flexibility index (Phi) is 3.78. The summed E-state index contributed by atoms with van der Waals surface area (Å²) in [7, 11) is 0. The van der Waals surface area contributed by atoms with Crippen molar-refractivity contribution in [1.29, 1.82) is 0 Å². The van der Waals surface area contributed by atoms with E-state index >= 15 is 0 Å². The zero-order valence-corrected chi connectivity index (χ0v) is 10.2. The smallest absolute Gasteiger partial charge is 0.349 e. The highest BCUT2D eigenvalue weighted by Gasteiger charge is 2.35. The third-order valence-electron chi connectivity index (χ3n) is 2.51. The van der Waals surface area contributed by atoms with Crippen LogP contribution in [0.25, 0.3) is 0 Å². The number of ether oxygens (including phenoxy) is 1. The molecule has 1 aromatic carbocycles. The zero-order chi connectivity index (χ0) is 15.6. The summed E-state index contributed by atoms with van der Waals surface area (Å²) in [6.07, 6.45) is 2.09. The van der Waals surface area contributed by atoms with Crippen LogP contribution < -0.4 is 10.9 Å². The third-order valence-corrected chi connectivity index (χ3v) is 2.51. The molecular formula is C12H8F2N2O5. The van der Waals surface area contributed by atoms with Crippen molar-refractivity contribution in [2.24, 2.45) is 0 Å². The molecule has 2 aliphatic rings. The van der Waals surface area contributed by atoms with Crippen LogP contribution in [0.3, 0.4) is 0 Å². The van der Waals surface area contributed by atoms with Gasteiger partial charge in [0.15, 0.2) is 0 Å². The average molecular weight is 298 g/mol. The van der Waals surface area contributed by atoms with Gasteiger partial charge < -0.3 is 15.3 Å². The Labute approximate surface area is 116 Å². The van der Waals surface area contributed by atoms with Gasteiger partial charge in [0.1, 0.15) is 11.4 Å². The highest BCUT2D eigenvalue weighted by molar-refractivity contribution is 6.14. The molecule has 3 N–H and O–H groups in total. The lowest BCUT2D eigenvalue weighted by Gasteiger charge is -2.19. The number of nitrogens with one attached hydrogen (secondary N) is 2. The minimum Gasteiger partial charge on any atom is -0.386 e. The third kappa shape index (κ3) is 2.93. The number of hydrogen-bond acceptors (Lipinski definition) is 7. The van der Waals surface area contributed by atoms with E-state index in [2.05, 4.69) is 10.2 Å². The highest BCUT2D eigenvalue weighted by atomic mass is 19.2. The lowest BCUT2D eigenvalue weighted by Crippen LogP contribution is -2.55. The summed E-state index contributed by atoms with van der Waals surface area (Å²) in [6, 6.07) is 3.82. The summed E-state index contributed by atoms with van der Waals surface area (Å²) in [5.41, 5.74) is 3.58. The molecule has 0 radical (unpaired) electrons. The van der Waals surface area contributed by atoms with Crippen LogP contribution in [-0.4, -0.2) is 28.8 Å². The van der Waals surface area contributed by atoms with Gasteiger partial charge in [0, 0.05) is 12.3 Å². The molecule has 0 fully saturated rings. The minimum atomic E-state index is -2.95. The number of rotatable bonds is 0. The van der Waals surface area contributed by atoms with Crippen molar-refractivity contribution in [3.8, 4) is 0 Å². The molecule has 9 heteroatoms. The van der Waals surface area contributed by atoms with Crippen LogP contribution in [0.5, 0.6) is 0 Å². The molecule has 1 atom stereocenters. The Hall–Kier alpha value is -2.65.